The van der Waals surface area contributed by atoms with Gasteiger partial charge in [-0.15, -0.1) is 10.2 Å². The molecule has 0 unspecified atom stereocenters. The zero-order valence-corrected chi connectivity index (χ0v) is 13.4. The van der Waals surface area contributed by atoms with Gasteiger partial charge in [0, 0.05) is 24.6 Å². The maximum Gasteiger partial charge on any atom is 0.230 e. The van der Waals surface area contributed by atoms with E-state index >= 15 is 0 Å². The van der Waals surface area contributed by atoms with Crippen molar-refractivity contribution in [1.29, 1.82) is 0 Å². The number of methoxy groups -OCH3 is 1. The highest BCUT2D eigenvalue weighted by Crippen LogP contribution is 2.35. The highest BCUT2D eigenvalue weighted by molar-refractivity contribution is 5.33. The van der Waals surface area contributed by atoms with Crippen LogP contribution in [-0.4, -0.2) is 40.5 Å². The lowest BCUT2D eigenvalue weighted by Crippen LogP contribution is -2.26. The molecule has 1 aromatic heterocycles. The molecule has 23 heavy (non-hydrogen) atoms. The summed E-state index contributed by atoms with van der Waals surface area (Å²) in [4.78, 5) is 2.08. The maximum absolute atomic E-state index is 9.32. The highest BCUT2D eigenvalue weighted by atomic mass is 16.5. The van der Waals surface area contributed by atoms with Crippen LogP contribution in [0.4, 0.5) is 0 Å². The molecular formula is C17H23N3O3. The third-order valence-electron chi connectivity index (χ3n) is 4.30. The lowest BCUT2D eigenvalue weighted by molar-refractivity contribution is 0.169. The van der Waals surface area contributed by atoms with Crippen LogP contribution in [0.15, 0.2) is 28.7 Å². The van der Waals surface area contributed by atoms with Crippen LogP contribution in [0.1, 0.15) is 42.5 Å². The van der Waals surface area contributed by atoms with Crippen LogP contribution >= 0.6 is 0 Å². The summed E-state index contributed by atoms with van der Waals surface area (Å²) in [6.45, 7) is 1.81. The molecular weight excluding hydrogens is 294 g/mol. The van der Waals surface area contributed by atoms with E-state index in [-0.39, 0.29) is 6.61 Å². The number of benzene rings is 1. The van der Waals surface area contributed by atoms with Crippen molar-refractivity contribution in [3.8, 4) is 5.75 Å². The normalized spacial score (nSPS) is 14.9. The Morgan fingerprint density at radius 1 is 1.26 bits per heavy atom. The largest absolute Gasteiger partial charge is 0.496 e. The van der Waals surface area contributed by atoms with Gasteiger partial charge in [-0.05, 0) is 18.9 Å². The maximum atomic E-state index is 9.32. The Labute approximate surface area is 136 Å². The highest BCUT2D eigenvalue weighted by Gasteiger charge is 2.25. The van der Waals surface area contributed by atoms with Crippen molar-refractivity contribution in [2.45, 2.75) is 38.3 Å². The Morgan fingerprint density at radius 3 is 2.78 bits per heavy atom. The topological polar surface area (TPSA) is 71.6 Å². The average molecular weight is 317 g/mol. The fourth-order valence-corrected chi connectivity index (χ4v) is 2.77. The number of para-hydroxylation sites is 1. The zero-order valence-electron chi connectivity index (χ0n) is 13.4. The molecule has 0 spiro atoms. The van der Waals surface area contributed by atoms with Gasteiger partial charge in [0.15, 0.2) is 0 Å². The summed E-state index contributed by atoms with van der Waals surface area (Å²) < 4.78 is 11.2. The standard InChI is InChI=1S/C17H23N3O3/c1-22-15-8-3-2-5-14(15)11-20(9-10-21)12-16-18-19-17(23-16)13-6-4-7-13/h2-3,5,8,13,21H,4,6-7,9-12H2,1H3. The van der Waals surface area contributed by atoms with E-state index in [9.17, 15) is 5.11 Å². The fourth-order valence-electron chi connectivity index (χ4n) is 2.77. The van der Waals surface area contributed by atoms with Gasteiger partial charge < -0.3 is 14.3 Å². The Kier molecular flexibility index (Phi) is 5.25. The zero-order chi connectivity index (χ0) is 16.1. The lowest BCUT2D eigenvalue weighted by Gasteiger charge is -2.22. The first-order valence-corrected chi connectivity index (χ1v) is 8.07. The fraction of sp³-hybridized carbons (Fsp3) is 0.529. The van der Waals surface area contributed by atoms with Gasteiger partial charge in [0.2, 0.25) is 11.8 Å². The third-order valence-corrected chi connectivity index (χ3v) is 4.30. The molecule has 1 aliphatic rings. The summed E-state index contributed by atoms with van der Waals surface area (Å²) in [5, 5.41) is 17.6. The minimum absolute atomic E-state index is 0.0821. The van der Waals surface area contributed by atoms with Crippen molar-refractivity contribution >= 4 is 0 Å². The summed E-state index contributed by atoms with van der Waals surface area (Å²) in [5.41, 5.74) is 1.07. The van der Waals surface area contributed by atoms with Crippen LogP contribution in [0.2, 0.25) is 0 Å². The first-order valence-electron chi connectivity index (χ1n) is 8.07. The molecule has 1 heterocycles. The van der Waals surface area contributed by atoms with Crippen molar-refractivity contribution in [3.05, 3.63) is 41.6 Å². The van der Waals surface area contributed by atoms with Gasteiger partial charge in [0.05, 0.1) is 20.3 Å². The predicted octanol–water partition coefficient (Wildman–Crippen LogP) is 2.34. The number of hydrogen-bond acceptors (Lipinski definition) is 6. The van der Waals surface area contributed by atoms with Gasteiger partial charge in [-0.1, -0.05) is 24.6 Å². The summed E-state index contributed by atoms with van der Waals surface area (Å²) in [6.07, 6.45) is 3.53. The molecule has 3 rings (SSSR count). The molecule has 6 nitrogen and oxygen atoms in total. The quantitative estimate of drug-likeness (QED) is 0.806. The SMILES string of the molecule is COc1ccccc1CN(CCO)Cc1nnc(C2CCC2)o1. The lowest BCUT2D eigenvalue weighted by atomic mass is 9.85. The minimum Gasteiger partial charge on any atom is -0.496 e. The Bertz CT molecular complexity index is 625. The van der Waals surface area contributed by atoms with Crippen LogP contribution < -0.4 is 4.74 Å². The monoisotopic (exact) mass is 317 g/mol. The van der Waals surface area contributed by atoms with Crippen molar-refractivity contribution in [1.82, 2.24) is 15.1 Å². The van der Waals surface area contributed by atoms with Crippen LogP contribution in [0.3, 0.4) is 0 Å². The van der Waals surface area contributed by atoms with E-state index in [4.69, 9.17) is 9.15 Å². The average Bonchev–Trinajstić information content (AvgIpc) is 2.94. The second kappa shape index (κ2) is 7.57. The number of aromatic nitrogens is 2. The van der Waals surface area contributed by atoms with Crippen LogP contribution in [-0.2, 0) is 13.1 Å². The van der Waals surface area contributed by atoms with Gasteiger partial charge >= 0.3 is 0 Å². The Balaban J connectivity index is 1.67. The van der Waals surface area contributed by atoms with Crippen LogP contribution in [0.5, 0.6) is 5.75 Å². The van der Waals surface area contributed by atoms with Crippen molar-refractivity contribution in [3.63, 3.8) is 0 Å². The Hall–Kier alpha value is -1.92. The van der Waals surface area contributed by atoms with E-state index in [1.165, 1.54) is 6.42 Å². The van der Waals surface area contributed by atoms with E-state index in [1.807, 2.05) is 24.3 Å². The molecule has 0 atom stereocenters. The molecule has 0 saturated heterocycles. The summed E-state index contributed by atoms with van der Waals surface area (Å²) in [7, 11) is 1.66. The van der Waals surface area contributed by atoms with Crippen LogP contribution in [0, 0.1) is 0 Å². The molecule has 0 aliphatic heterocycles. The summed E-state index contributed by atoms with van der Waals surface area (Å²) in [6, 6.07) is 7.89. The first-order chi connectivity index (χ1) is 11.3. The number of ether oxygens (including phenoxy) is 1. The van der Waals surface area contributed by atoms with E-state index in [0.29, 0.717) is 31.4 Å². The molecule has 0 radical (unpaired) electrons. The van der Waals surface area contributed by atoms with E-state index in [2.05, 4.69) is 15.1 Å². The Morgan fingerprint density at radius 2 is 2.09 bits per heavy atom. The molecule has 1 saturated carbocycles. The van der Waals surface area contributed by atoms with Crippen LogP contribution in [0.25, 0.3) is 0 Å². The van der Waals surface area contributed by atoms with Crippen molar-refractivity contribution < 1.29 is 14.3 Å². The number of rotatable bonds is 8. The number of aliphatic hydroxyl groups is 1. The number of hydrogen-bond donors (Lipinski definition) is 1. The predicted molar refractivity (Wildman–Crippen MR) is 85.1 cm³/mol. The van der Waals surface area contributed by atoms with Gasteiger partial charge in [-0.3, -0.25) is 4.90 Å². The van der Waals surface area contributed by atoms with Gasteiger partial charge in [-0.2, -0.15) is 0 Å². The molecule has 0 bridgehead atoms. The second-order valence-corrected chi connectivity index (χ2v) is 5.91. The van der Waals surface area contributed by atoms with E-state index in [0.717, 1.165) is 30.0 Å². The van der Waals surface area contributed by atoms with Gasteiger partial charge in [0.25, 0.3) is 0 Å². The molecule has 0 amide bonds. The molecule has 1 N–H and O–H groups in total. The molecule has 1 fully saturated rings. The molecule has 1 aromatic carbocycles. The summed E-state index contributed by atoms with van der Waals surface area (Å²) >= 11 is 0. The minimum atomic E-state index is 0.0821. The molecule has 1 aliphatic carbocycles. The van der Waals surface area contributed by atoms with Crippen molar-refractivity contribution in [2.75, 3.05) is 20.3 Å². The molecule has 124 valence electrons. The molecule has 6 heteroatoms. The summed E-state index contributed by atoms with van der Waals surface area (Å²) in [5.74, 6) is 2.65. The van der Waals surface area contributed by atoms with Gasteiger partial charge in [0.1, 0.15) is 5.75 Å². The number of aliphatic hydroxyl groups excluding tert-OH is 1. The smallest absolute Gasteiger partial charge is 0.230 e. The second-order valence-electron chi connectivity index (χ2n) is 5.91. The van der Waals surface area contributed by atoms with E-state index < -0.39 is 0 Å². The van der Waals surface area contributed by atoms with Crippen molar-refractivity contribution in [2.24, 2.45) is 0 Å². The van der Waals surface area contributed by atoms with Gasteiger partial charge in [-0.25, -0.2) is 0 Å². The third kappa shape index (κ3) is 3.89. The first kappa shape index (κ1) is 16.0. The van der Waals surface area contributed by atoms with E-state index in [1.54, 1.807) is 7.11 Å². The number of nitrogens with zero attached hydrogens (tertiary/aromatic N) is 3. The molecule has 2 aromatic rings.